The first kappa shape index (κ1) is 55.2. The van der Waals surface area contributed by atoms with Crippen LogP contribution in [-0.2, 0) is 32.7 Å². The number of ether oxygens (including phenoxy) is 2. The van der Waals surface area contributed by atoms with Gasteiger partial charge >= 0.3 is 19.8 Å². The summed E-state index contributed by atoms with van der Waals surface area (Å²) in [4.78, 5) is 34.8. The maximum Gasteiger partial charge on any atom is 0.472 e. The summed E-state index contributed by atoms with van der Waals surface area (Å²) in [5.41, 5.74) is 5.34. The Kier molecular flexibility index (Phi) is 40.9. The van der Waals surface area contributed by atoms with E-state index in [4.69, 9.17) is 24.3 Å². The number of unbranched alkanes of at least 4 members (excludes halogenated alkanes) is 3. The number of nitrogens with two attached hydrogens (primary N) is 1. The molecule has 0 bridgehead atoms. The van der Waals surface area contributed by atoms with E-state index in [9.17, 15) is 19.0 Å². The lowest BCUT2D eigenvalue weighted by Gasteiger charge is -2.19. The zero-order valence-corrected chi connectivity index (χ0v) is 37.1. The Morgan fingerprint density at radius 3 is 1.32 bits per heavy atom. The Balaban J connectivity index is 4.44. The van der Waals surface area contributed by atoms with Crippen LogP contribution in [0, 0.1) is 0 Å². The molecule has 0 aliphatic carbocycles. The minimum atomic E-state index is -4.42. The van der Waals surface area contributed by atoms with Crippen LogP contribution in [0.15, 0.2) is 134 Å². The first-order chi connectivity index (χ1) is 28.8. The third-order valence-corrected chi connectivity index (χ3v) is 9.03. The second-order valence-electron chi connectivity index (χ2n) is 13.5. The smallest absolute Gasteiger partial charge is 0.462 e. The van der Waals surface area contributed by atoms with Gasteiger partial charge in [0, 0.05) is 19.4 Å². The fourth-order valence-corrected chi connectivity index (χ4v) is 5.64. The molecule has 59 heavy (non-hydrogen) atoms. The van der Waals surface area contributed by atoms with E-state index in [1.807, 2.05) is 24.3 Å². The molecule has 0 aromatic heterocycles. The molecule has 9 nitrogen and oxygen atoms in total. The summed E-state index contributed by atoms with van der Waals surface area (Å²) in [6.45, 7) is 3.38. The predicted octanol–water partition coefficient (Wildman–Crippen LogP) is 12.7. The van der Waals surface area contributed by atoms with Crippen LogP contribution in [0.1, 0.15) is 129 Å². The maximum atomic E-state index is 12.6. The summed E-state index contributed by atoms with van der Waals surface area (Å²) in [5, 5.41) is 0. The Morgan fingerprint density at radius 2 is 0.915 bits per heavy atom. The summed E-state index contributed by atoms with van der Waals surface area (Å²) in [6.07, 6.45) is 60.8. The second kappa shape index (κ2) is 43.7. The fraction of sp³-hybridized carbons (Fsp3) is 0.510. The van der Waals surface area contributed by atoms with Gasteiger partial charge in [-0.2, -0.15) is 0 Å². The molecule has 0 amide bonds. The molecule has 0 aliphatic heterocycles. The van der Waals surface area contributed by atoms with Crippen LogP contribution in [0.25, 0.3) is 0 Å². The lowest BCUT2D eigenvalue weighted by Crippen LogP contribution is -2.29. The average Bonchev–Trinajstić information content (AvgIpc) is 3.22. The Morgan fingerprint density at radius 1 is 0.525 bits per heavy atom. The molecule has 0 saturated carbocycles. The summed E-state index contributed by atoms with van der Waals surface area (Å²) >= 11 is 0. The summed E-state index contributed by atoms with van der Waals surface area (Å²) in [7, 11) is -4.42. The normalized spacial score (nSPS) is 14.6. The van der Waals surface area contributed by atoms with Crippen molar-refractivity contribution >= 4 is 19.8 Å². The topological polar surface area (TPSA) is 134 Å². The minimum absolute atomic E-state index is 0.0243. The molecule has 0 rings (SSSR count). The van der Waals surface area contributed by atoms with Crippen LogP contribution in [0.2, 0.25) is 0 Å². The van der Waals surface area contributed by atoms with Crippen molar-refractivity contribution < 1.29 is 37.6 Å². The van der Waals surface area contributed by atoms with Gasteiger partial charge in [-0.1, -0.05) is 160 Å². The number of esters is 2. The van der Waals surface area contributed by atoms with Gasteiger partial charge in [0.1, 0.15) is 6.61 Å². The van der Waals surface area contributed by atoms with Gasteiger partial charge in [-0.3, -0.25) is 18.6 Å². The number of hydrogen-bond donors (Lipinski definition) is 2. The molecule has 0 radical (unpaired) electrons. The molecule has 1 unspecified atom stereocenters. The summed E-state index contributed by atoms with van der Waals surface area (Å²) in [5.74, 6) is -1.04. The van der Waals surface area contributed by atoms with Crippen molar-refractivity contribution in [2.75, 3.05) is 26.4 Å². The first-order valence-electron chi connectivity index (χ1n) is 21.7. The van der Waals surface area contributed by atoms with Crippen LogP contribution >= 0.6 is 7.82 Å². The van der Waals surface area contributed by atoms with E-state index >= 15 is 0 Å². The molecule has 0 aromatic rings. The van der Waals surface area contributed by atoms with E-state index in [1.165, 1.54) is 25.7 Å². The van der Waals surface area contributed by atoms with E-state index in [-0.39, 0.29) is 32.6 Å². The lowest BCUT2D eigenvalue weighted by molar-refractivity contribution is -0.161. The van der Waals surface area contributed by atoms with Gasteiger partial charge in [-0.05, 0) is 89.9 Å². The maximum absolute atomic E-state index is 12.6. The van der Waals surface area contributed by atoms with E-state index in [0.717, 1.165) is 64.2 Å². The van der Waals surface area contributed by atoms with Gasteiger partial charge in [0.05, 0.1) is 13.2 Å². The number of phosphoric acid groups is 1. The van der Waals surface area contributed by atoms with Gasteiger partial charge < -0.3 is 20.1 Å². The Labute approximate surface area is 357 Å². The van der Waals surface area contributed by atoms with Gasteiger partial charge in [0.2, 0.25) is 0 Å². The highest BCUT2D eigenvalue weighted by Gasteiger charge is 2.25. The Hall–Kier alpha value is -3.85. The third kappa shape index (κ3) is 43.6. The highest BCUT2D eigenvalue weighted by molar-refractivity contribution is 7.47. The first-order valence-corrected chi connectivity index (χ1v) is 23.2. The van der Waals surface area contributed by atoms with Crippen LogP contribution in [0.4, 0.5) is 0 Å². The number of carbonyl (C=O) groups excluding carboxylic acids is 2. The standard InChI is InChI=1S/C49H76NO8P/c1-3-5-7-9-11-13-15-17-19-21-23-25-27-29-31-33-35-37-39-41-48(51)55-45-47(46-57-59(53,54)56-44-43-50)58-49(52)42-40-38-36-34-32-30-28-26-24-22-20-18-16-14-12-10-8-6-4-2/h6,8,11-14,17-20,23-26,29-32,35-38,47H,3-5,7,9-10,15-16,21-22,27-28,33-34,39-46,50H2,1-2H3,(H,53,54)/t47-/m1/s1. The highest BCUT2D eigenvalue weighted by atomic mass is 31.2. The van der Waals surface area contributed by atoms with Crippen molar-refractivity contribution in [1.82, 2.24) is 0 Å². The molecule has 330 valence electrons. The molecule has 0 spiro atoms. The number of hydrogen-bond acceptors (Lipinski definition) is 8. The van der Waals surface area contributed by atoms with Crippen molar-refractivity contribution in [3.63, 3.8) is 0 Å². The van der Waals surface area contributed by atoms with Crippen LogP contribution in [0.5, 0.6) is 0 Å². The molecule has 2 atom stereocenters. The van der Waals surface area contributed by atoms with Crippen LogP contribution in [-0.4, -0.2) is 49.3 Å². The van der Waals surface area contributed by atoms with Crippen molar-refractivity contribution in [2.24, 2.45) is 5.73 Å². The highest BCUT2D eigenvalue weighted by Crippen LogP contribution is 2.43. The monoisotopic (exact) mass is 838 g/mol. The lowest BCUT2D eigenvalue weighted by atomic mass is 10.2. The van der Waals surface area contributed by atoms with Gasteiger partial charge in [-0.15, -0.1) is 0 Å². The zero-order valence-electron chi connectivity index (χ0n) is 36.2. The summed E-state index contributed by atoms with van der Waals surface area (Å²) in [6, 6.07) is 0. The molecule has 10 heteroatoms. The largest absolute Gasteiger partial charge is 0.472 e. The molecule has 3 N–H and O–H groups in total. The zero-order chi connectivity index (χ0) is 43.2. The SMILES string of the molecule is CCC=CCC=CCC=CCC=CCC=CCC=CCCC(=O)O[C@H](COC(=O)CCC=CCC=CCC=CCC=CCC=CCCCCC)COP(=O)(O)OCCN. The molecular weight excluding hydrogens is 762 g/mol. The van der Waals surface area contributed by atoms with E-state index in [2.05, 4.69) is 123 Å². The molecule has 0 fully saturated rings. The molecule has 0 heterocycles. The fourth-order valence-electron chi connectivity index (χ4n) is 4.88. The van der Waals surface area contributed by atoms with Crippen molar-refractivity contribution in [3.05, 3.63) is 134 Å². The van der Waals surface area contributed by atoms with E-state index in [0.29, 0.717) is 12.8 Å². The Bertz CT molecular complexity index is 1420. The third-order valence-electron chi connectivity index (χ3n) is 8.05. The van der Waals surface area contributed by atoms with E-state index in [1.54, 1.807) is 0 Å². The number of rotatable bonds is 38. The van der Waals surface area contributed by atoms with Gasteiger partial charge in [-0.25, -0.2) is 4.57 Å². The van der Waals surface area contributed by atoms with Crippen molar-refractivity contribution in [3.8, 4) is 0 Å². The van der Waals surface area contributed by atoms with Crippen molar-refractivity contribution in [1.29, 1.82) is 0 Å². The van der Waals surface area contributed by atoms with Gasteiger partial charge in [0.15, 0.2) is 6.10 Å². The van der Waals surface area contributed by atoms with Crippen LogP contribution < -0.4 is 5.73 Å². The second-order valence-corrected chi connectivity index (χ2v) is 14.9. The minimum Gasteiger partial charge on any atom is -0.462 e. The molecule has 0 aliphatic rings. The van der Waals surface area contributed by atoms with Crippen LogP contribution in [0.3, 0.4) is 0 Å². The average molecular weight is 838 g/mol. The van der Waals surface area contributed by atoms with Gasteiger partial charge in [0.25, 0.3) is 0 Å². The molecular formula is C49H76NO8P. The number of phosphoric ester groups is 1. The molecule has 0 saturated heterocycles. The van der Waals surface area contributed by atoms with E-state index < -0.39 is 32.5 Å². The van der Waals surface area contributed by atoms with Crippen molar-refractivity contribution in [2.45, 2.75) is 136 Å². The summed E-state index contributed by atoms with van der Waals surface area (Å²) < 4.78 is 32.6. The number of allylic oxidation sites excluding steroid dienone is 22. The molecule has 0 aromatic carbocycles. The quantitative estimate of drug-likeness (QED) is 0.0270. The number of carbonyl (C=O) groups is 2. The predicted molar refractivity (Wildman–Crippen MR) is 247 cm³/mol.